The molecule has 0 unspecified atom stereocenters. The Labute approximate surface area is 106 Å². The minimum Gasteiger partial charge on any atom is -0.481 e. The Kier molecular flexibility index (Phi) is 4.51. The third-order valence-electron chi connectivity index (χ3n) is 3.19. The summed E-state index contributed by atoms with van der Waals surface area (Å²) < 4.78 is 0. The van der Waals surface area contributed by atoms with Crippen molar-refractivity contribution >= 4 is 22.4 Å². The molecule has 96 valence electrons. The van der Waals surface area contributed by atoms with Crippen molar-refractivity contribution in [1.29, 1.82) is 0 Å². The van der Waals surface area contributed by atoms with E-state index in [-0.39, 0.29) is 12.0 Å². The van der Waals surface area contributed by atoms with Gasteiger partial charge in [-0.2, -0.15) is 0 Å². The van der Waals surface area contributed by atoms with Crippen LogP contribution in [0.4, 0.5) is 5.13 Å². The number of carbonyl (C=O) groups is 1. The Morgan fingerprint density at radius 1 is 1.59 bits per heavy atom. The normalized spacial score (nSPS) is 11.5. The highest BCUT2D eigenvalue weighted by Gasteiger charge is 2.23. The number of hydrogen-bond acceptors (Lipinski definition) is 4. The zero-order valence-electron chi connectivity index (χ0n) is 10.9. The van der Waals surface area contributed by atoms with Crippen LogP contribution in [0.5, 0.6) is 0 Å². The number of aliphatic carboxylic acids is 1. The summed E-state index contributed by atoms with van der Waals surface area (Å²) in [6.45, 7) is 6.49. The van der Waals surface area contributed by atoms with Crippen LogP contribution in [0, 0.1) is 0 Å². The molecule has 0 saturated carbocycles. The van der Waals surface area contributed by atoms with E-state index < -0.39 is 5.97 Å². The Bertz CT molecular complexity index is 388. The van der Waals surface area contributed by atoms with Gasteiger partial charge in [0, 0.05) is 24.4 Å². The number of anilines is 1. The smallest absolute Gasteiger partial charge is 0.303 e. The molecule has 0 saturated heterocycles. The number of nitrogens with zero attached hydrogens (tertiary/aromatic N) is 2. The van der Waals surface area contributed by atoms with Gasteiger partial charge >= 0.3 is 5.97 Å². The molecule has 0 atom stereocenters. The Morgan fingerprint density at radius 3 is 2.76 bits per heavy atom. The molecule has 1 aromatic rings. The Morgan fingerprint density at radius 2 is 2.24 bits per heavy atom. The van der Waals surface area contributed by atoms with Crippen LogP contribution in [0.3, 0.4) is 0 Å². The summed E-state index contributed by atoms with van der Waals surface area (Å²) in [5.74, 6) is -0.776. The molecule has 0 aliphatic carbocycles. The van der Waals surface area contributed by atoms with E-state index in [1.807, 2.05) is 12.4 Å². The number of hydrogen-bond donors (Lipinski definition) is 1. The molecule has 1 N–H and O–H groups in total. The van der Waals surface area contributed by atoms with Crippen molar-refractivity contribution in [2.24, 2.45) is 0 Å². The van der Waals surface area contributed by atoms with Gasteiger partial charge in [0.05, 0.1) is 12.1 Å². The Balaban J connectivity index is 2.70. The van der Waals surface area contributed by atoms with Crippen LogP contribution in [0.1, 0.15) is 39.3 Å². The van der Waals surface area contributed by atoms with Gasteiger partial charge in [0.1, 0.15) is 0 Å². The molecule has 0 radical (unpaired) electrons. The number of carboxylic acid groups (broad SMARTS) is 1. The highest BCUT2D eigenvalue weighted by atomic mass is 32.1. The van der Waals surface area contributed by atoms with Crippen LogP contribution in [0.2, 0.25) is 0 Å². The topological polar surface area (TPSA) is 53.4 Å². The number of carboxylic acids is 1. The van der Waals surface area contributed by atoms with Gasteiger partial charge in [-0.15, -0.1) is 11.3 Å². The molecule has 1 rings (SSSR count). The van der Waals surface area contributed by atoms with Gasteiger partial charge in [0.15, 0.2) is 5.13 Å². The molecular weight excluding hydrogens is 236 g/mol. The molecule has 0 amide bonds. The molecule has 0 fully saturated rings. The van der Waals surface area contributed by atoms with Crippen molar-refractivity contribution in [2.45, 2.75) is 45.6 Å². The van der Waals surface area contributed by atoms with Gasteiger partial charge in [0.2, 0.25) is 0 Å². The summed E-state index contributed by atoms with van der Waals surface area (Å²) in [6.07, 6.45) is 1.68. The second kappa shape index (κ2) is 5.49. The highest BCUT2D eigenvalue weighted by molar-refractivity contribution is 7.13. The van der Waals surface area contributed by atoms with Crippen LogP contribution in [0.25, 0.3) is 0 Å². The van der Waals surface area contributed by atoms with E-state index in [9.17, 15) is 4.79 Å². The van der Waals surface area contributed by atoms with E-state index in [0.29, 0.717) is 6.42 Å². The summed E-state index contributed by atoms with van der Waals surface area (Å²) in [6, 6.07) is 0. The van der Waals surface area contributed by atoms with Crippen LogP contribution in [0.15, 0.2) is 5.38 Å². The van der Waals surface area contributed by atoms with Gasteiger partial charge in [0.25, 0.3) is 0 Å². The first-order valence-corrected chi connectivity index (χ1v) is 6.65. The van der Waals surface area contributed by atoms with Gasteiger partial charge in [-0.3, -0.25) is 4.79 Å². The summed E-state index contributed by atoms with van der Waals surface area (Å²) in [4.78, 5) is 17.1. The number of thiazole rings is 1. The zero-order chi connectivity index (χ0) is 13.1. The van der Waals surface area contributed by atoms with Crippen LogP contribution < -0.4 is 4.90 Å². The zero-order valence-corrected chi connectivity index (χ0v) is 11.7. The van der Waals surface area contributed by atoms with E-state index in [0.717, 1.165) is 17.2 Å². The quantitative estimate of drug-likeness (QED) is 0.850. The molecule has 17 heavy (non-hydrogen) atoms. The molecule has 4 nitrogen and oxygen atoms in total. The average molecular weight is 256 g/mol. The van der Waals surface area contributed by atoms with Crippen LogP contribution in [-0.4, -0.2) is 28.6 Å². The number of aryl methyl sites for hydroxylation is 1. The predicted molar refractivity (Wildman–Crippen MR) is 70.8 cm³/mol. The standard InChI is InChI=1S/C12H20N2O2S/c1-5-12(2,3)14(4)11-13-9(8-17-11)6-7-10(15)16/h8H,5-7H2,1-4H3,(H,15,16). The minimum atomic E-state index is -0.776. The molecule has 0 bridgehead atoms. The molecule has 0 aliphatic heterocycles. The van der Waals surface area contributed by atoms with Crippen molar-refractivity contribution in [3.05, 3.63) is 11.1 Å². The summed E-state index contributed by atoms with van der Waals surface area (Å²) >= 11 is 1.57. The maximum absolute atomic E-state index is 10.5. The maximum atomic E-state index is 10.5. The average Bonchev–Trinajstić information content (AvgIpc) is 2.73. The molecule has 0 aromatic carbocycles. The lowest BCUT2D eigenvalue weighted by molar-refractivity contribution is -0.136. The lowest BCUT2D eigenvalue weighted by Gasteiger charge is -2.34. The summed E-state index contributed by atoms with van der Waals surface area (Å²) in [7, 11) is 2.03. The molecule has 1 aromatic heterocycles. The first kappa shape index (κ1) is 14.0. The first-order chi connectivity index (χ1) is 7.86. The third kappa shape index (κ3) is 3.70. The van der Waals surface area contributed by atoms with Crippen LogP contribution >= 0.6 is 11.3 Å². The van der Waals surface area contributed by atoms with Gasteiger partial charge in [-0.25, -0.2) is 4.98 Å². The fourth-order valence-corrected chi connectivity index (χ4v) is 2.28. The van der Waals surface area contributed by atoms with Crippen molar-refractivity contribution < 1.29 is 9.90 Å². The number of rotatable bonds is 6. The van der Waals surface area contributed by atoms with E-state index in [2.05, 4.69) is 30.7 Å². The minimum absolute atomic E-state index is 0.0714. The highest BCUT2D eigenvalue weighted by Crippen LogP contribution is 2.28. The second-order valence-corrected chi connectivity index (χ2v) is 5.58. The molecule has 5 heteroatoms. The lowest BCUT2D eigenvalue weighted by Crippen LogP contribution is -2.40. The lowest BCUT2D eigenvalue weighted by atomic mass is 10.0. The van der Waals surface area contributed by atoms with Crippen molar-refractivity contribution in [3.8, 4) is 0 Å². The molecular formula is C12H20N2O2S. The van der Waals surface area contributed by atoms with E-state index >= 15 is 0 Å². The van der Waals surface area contributed by atoms with E-state index in [1.54, 1.807) is 11.3 Å². The largest absolute Gasteiger partial charge is 0.481 e. The van der Waals surface area contributed by atoms with Gasteiger partial charge < -0.3 is 10.0 Å². The second-order valence-electron chi connectivity index (χ2n) is 4.74. The monoisotopic (exact) mass is 256 g/mol. The van der Waals surface area contributed by atoms with Crippen molar-refractivity contribution in [3.63, 3.8) is 0 Å². The van der Waals surface area contributed by atoms with Crippen LogP contribution in [-0.2, 0) is 11.2 Å². The van der Waals surface area contributed by atoms with Crippen molar-refractivity contribution in [2.75, 3.05) is 11.9 Å². The fourth-order valence-electron chi connectivity index (χ4n) is 1.30. The van der Waals surface area contributed by atoms with Gasteiger partial charge in [-0.1, -0.05) is 6.92 Å². The van der Waals surface area contributed by atoms with E-state index in [4.69, 9.17) is 5.11 Å². The third-order valence-corrected chi connectivity index (χ3v) is 4.16. The SMILES string of the molecule is CCC(C)(C)N(C)c1nc(CCC(=O)O)cs1. The number of aromatic nitrogens is 1. The summed E-state index contributed by atoms with van der Waals surface area (Å²) in [5, 5.41) is 11.5. The molecule has 0 spiro atoms. The van der Waals surface area contributed by atoms with Crippen molar-refractivity contribution in [1.82, 2.24) is 4.98 Å². The van der Waals surface area contributed by atoms with E-state index in [1.165, 1.54) is 0 Å². The molecule has 1 heterocycles. The maximum Gasteiger partial charge on any atom is 0.303 e. The fraction of sp³-hybridized carbons (Fsp3) is 0.667. The first-order valence-electron chi connectivity index (χ1n) is 5.77. The Hall–Kier alpha value is -1.10. The van der Waals surface area contributed by atoms with Gasteiger partial charge in [-0.05, 0) is 20.3 Å². The molecule has 0 aliphatic rings. The predicted octanol–water partition coefficient (Wildman–Crippen LogP) is 2.79. The summed E-state index contributed by atoms with van der Waals surface area (Å²) in [5.41, 5.74) is 0.938.